The first-order valence-corrected chi connectivity index (χ1v) is 8.43. The molecule has 5 heteroatoms. The number of Topliss-reactive ketones (excluding diaryl/α,β-unsaturated/α-hetero) is 1. The van der Waals surface area contributed by atoms with E-state index in [1.165, 1.54) is 6.07 Å². The zero-order valence-corrected chi connectivity index (χ0v) is 13.9. The number of nitrogens with zero attached hydrogens (tertiary/aromatic N) is 1. The topological polar surface area (TPSA) is 66.8 Å². The predicted molar refractivity (Wildman–Crippen MR) is 93.7 cm³/mol. The summed E-state index contributed by atoms with van der Waals surface area (Å²) in [5, 5.41) is 9.69. The van der Waals surface area contributed by atoms with Crippen molar-refractivity contribution in [3.05, 3.63) is 60.2 Å². The summed E-state index contributed by atoms with van der Waals surface area (Å²) in [6.07, 6.45) is 2.03. The first-order chi connectivity index (χ1) is 12.1. The summed E-state index contributed by atoms with van der Waals surface area (Å²) in [7, 11) is 0. The maximum Gasteiger partial charge on any atom is 0.260 e. The van der Waals surface area contributed by atoms with Gasteiger partial charge in [0.25, 0.3) is 5.91 Å². The summed E-state index contributed by atoms with van der Waals surface area (Å²) in [5.41, 5.74) is 0.673. The first kappa shape index (κ1) is 17.0. The van der Waals surface area contributed by atoms with Gasteiger partial charge in [-0.3, -0.25) is 9.59 Å². The van der Waals surface area contributed by atoms with Gasteiger partial charge in [0.2, 0.25) is 0 Å². The molecule has 2 aromatic carbocycles. The van der Waals surface area contributed by atoms with E-state index in [1.807, 2.05) is 18.2 Å². The molecule has 0 radical (unpaired) electrons. The van der Waals surface area contributed by atoms with Crippen LogP contribution >= 0.6 is 0 Å². The van der Waals surface area contributed by atoms with Gasteiger partial charge in [-0.05, 0) is 25.0 Å². The second kappa shape index (κ2) is 7.83. The molecule has 1 atom stereocenters. The fourth-order valence-corrected chi connectivity index (χ4v) is 3.13. The largest absolute Gasteiger partial charge is 0.504 e. The molecule has 1 amide bonds. The number of para-hydroxylation sites is 2. The molecule has 1 heterocycles. The quantitative estimate of drug-likeness (QED) is 0.822. The van der Waals surface area contributed by atoms with Crippen LogP contribution in [0.1, 0.15) is 29.6 Å². The van der Waals surface area contributed by atoms with Crippen LogP contribution in [0.4, 0.5) is 0 Å². The van der Waals surface area contributed by atoms with Gasteiger partial charge in [-0.15, -0.1) is 0 Å². The van der Waals surface area contributed by atoms with E-state index in [-0.39, 0.29) is 35.8 Å². The summed E-state index contributed by atoms with van der Waals surface area (Å²) >= 11 is 0. The van der Waals surface area contributed by atoms with E-state index < -0.39 is 0 Å². The monoisotopic (exact) mass is 339 g/mol. The van der Waals surface area contributed by atoms with Crippen molar-refractivity contribution in [1.29, 1.82) is 0 Å². The molecule has 1 fully saturated rings. The standard InChI is InChI=1S/C20H21NO4/c22-17-10-4-5-11-19(17)25-14-20(24)21-12-6-9-16(21)13-18(23)15-7-2-1-3-8-15/h1-5,7-8,10-11,16,22H,6,9,12-14H2. The smallest absolute Gasteiger partial charge is 0.260 e. The van der Waals surface area contributed by atoms with Gasteiger partial charge in [-0.2, -0.15) is 0 Å². The number of carbonyl (C=O) groups is 2. The Morgan fingerprint density at radius 1 is 1.08 bits per heavy atom. The maximum atomic E-state index is 12.5. The number of phenolic OH excluding ortho intramolecular Hbond substituents is 1. The number of hydrogen-bond donors (Lipinski definition) is 1. The van der Waals surface area contributed by atoms with Gasteiger partial charge in [0.1, 0.15) is 0 Å². The van der Waals surface area contributed by atoms with Gasteiger partial charge in [0.05, 0.1) is 0 Å². The second-order valence-corrected chi connectivity index (χ2v) is 6.13. The number of hydrogen-bond acceptors (Lipinski definition) is 4. The van der Waals surface area contributed by atoms with Crippen molar-refractivity contribution in [2.24, 2.45) is 0 Å². The summed E-state index contributed by atoms with van der Waals surface area (Å²) in [6, 6.07) is 15.6. The van der Waals surface area contributed by atoms with E-state index in [1.54, 1.807) is 35.2 Å². The van der Waals surface area contributed by atoms with Gasteiger partial charge in [-0.1, -0.05) is 42.5 Å². The average Bonchev–Trinajstić information content (AvgIpc) is 3.09. The number of rotatable bonds is 6. The molecule has 0 spiro atoms. The molecule has 0 aromatic heterocycles. The molecular formula is C20H21NO4. The third-order valence-corrected chi connectivity index (χ3v) is 4.43. The fourth-order valence-electron chi connectivity index (χ4n) is 3.13. The molecule has 1 N–H and O–H groups in total. The molecule has 5 nitrogen and oxygen atoms in total. The molecule has 0 aliphatic carbocycles. The van der Waals surface area contributed by atoms with E-state index >= 15 is 0 Å². The Hall–Kier alpha value is -2.82. The number of likely N-dealkylation sites (tertiary alicyclic amines) is 1. The Labute approximate surface area is 146 Å². The molecule has 0 bridgehead atoms. The van der Waals surface area contributed by atoms with Crippen molar-refractivity contribution in [3.63, 3.8) is 0 Å². The fraction of sp³-hybridized carbons (Fsp3) is 0.300. The van der Waals surface area contributed by atoms with Crippen LogP contribution in [0, 0.1) is 0 Å². The molecule has 1 aliphatic heterocycles. The van der Waals surface area contributed by atoms with Crippen molar-refractivity contribution in [2.45, 2.75) is 25.3 Å². The highest BCUT2D eigenvalue weighted by Gasteiger charge is 2.30. The lowest BCUT2D eigenvalue weighted by Crippen LogP contribution is -2.39. The van der Waals surface area contributed by atoms with Crippen molar-refractivity contribution < 1.29 is 19.4 Å². The third-order valence-electron chi connectivity index (χ3n) is 4.43. The Morgan fingerprint density at radius 3 is 2.56 bits per heavy atom. The highest BCUT2D eigenvalue weighted by molar-refractivity contribution is 5.96. The van der Waals surface area contributed by atoms with Crippen molar-refractivity contribution in [2.75, 3.05) is 13.2 Å². The van der Waals surface area contributed by atoms with E-state index in [0.29, 0.717) is 18.5 Å². The lowest BCUT2D eigenvalue weighted by molar-refractivity contribution is -0.134. The van der Waals surface area contributed by atoms with E-state index in [0.717, 1.165) is 12.8 Å². The number of phenols is 1. The highest BCUT2D eigenvalue weighted by atomic mass is 16.5. The Morgan fingerprint density at radius 2 is 1.80 bits per heavy atom. The van der Waals surface area contributed by atoms with Crippen LogP contribution in [0.5, 0.6) is 11.5 Å². The third kappa shape index (κ3) is 4.18. The molecule has 2 aromatic rings. The molecule has 3 rings (SSSR count). The SMILES string of the molecule is O=C(CC1CCCN1C(=O)COc1ccccc1O)c1ccccc1. The predicted octanol–water partition coefficient (Wildman–Crippen LogP) is 3.04. The molecule has 130 valence electrons. The number of carbonyl (C=O) groups excluding carboxylic acids is 2. The van der Waals surface area contributed by atoms with Gasteiger partial charge in [0, 0.05) is 24.6 Å². The lowest BCUT2D eigenvalue weighted by atomic mass is 10.0. The van der Waals surface area contributed by atoms with Gasteiger partial charge >= 0.3 is 0 Å². The Bertz CT molecular complexity index is 744. The molecular weight excluding hydrogens is 318 g/mol. The van der Waals surface area contributed by atoms with Crippen LogP contribution in [0.25, 0.3) is 0 Å². The number of ether oxygens (including phenoxy) is 1. The van der Waals surface area contributed by atoms with E-state index in [9.17, 15) is 14.7 Å². The molecule has 1 saturated heterocycles. The second-order valence-electron chi connectivity index (χ2n) is 6.13. The van der Waals surface area contributed by atoms with Gasteiger partial charge in [0.15, 0.2) is 23.9 Å². The van der Waals surface area contributed by atoms with Crippen LogP contribution in [0.15, 0.2) is 54.6 Å². The Balaban J connectivity index is 1.58. The van der Waals surface area contributed by atoms with Crippen LogP contribution in [-0.4, -0.2) is 40.9 Å². The summed E-state index contributed by atoms with van der Waals surface area (Å²) < 4.78 is 5.42. The number of amides is 1. The van der Waals surface area contributed by atoms with Crippen molar-refractivity contribution in [1.82, 2.24) is 4.90 Å². The van der Waals surface area contributed by atoms with Crippen molar-refractivity contribution in [3.8, 4) is 11.5 Å². The minimum atomic E-state index is -0.161. The molecule has 1 aliphatic rings. The minimum Gasteiger partial charge on any atom is -0.504 e. The number of ketones is 1. The first-order valence-electron chi connectivity index (χ1n) is 8.43. The van der Waals surface area contributed by atoms with Gasteiger partial charge in [-0.25, -0.2) is 0 Å². The molecule has 1 unspecified atom stereocenters. The highest BCUT2D eigenvalue weighted by Crippen LogP contribution is 2.26. The van der Waals surface area contributed by atoms with E-state index in [4.69, 9.17) is 4.74 Å². The average molecular weight is 339 g/mol. The lowest BCUT2D eigenvalue weighted by Gasteiger charge is -2.24. The van der Waals surface area contributed by atoms with Gasteiger partial charge < -0.3 is 14.7 Å². The van der Waals surface area contributed by atoms with E-state index in [2.05, 4.69) is 0 Å². The zero-order valence-electron chi connectivity index (χ0n) is 13.9. The summed E-state index contributed by atoms with van der Waals surface area (Å²) in [5.74, 6) is 0.179. The molecule has 0 saturated carbocycles. The Kier molecular flexibility index (Phi) is 5.33. The summed E-state index contributed by atoms with van der Waals surface area (Å²) in [6.45, 7) is 0.489. The normalized spacial score (nSPS) is 16.6. The summed E-state index contributed by atoms with van der Waals surface area (Å²) in [4.78, 5) is 26.6. The zero-order chi connectivity index (χ0) is 17.6. The molecule has 25 heavy (non-hydrogen) atoms. The van der Waals surface area contributed by atoms with Crippen LogP contribution < -0.4 is 4.74 Å². The number of benzene rings is 2. The maximum absolute atomic E-state index is 12.5. The van der Waals surface area contributed by atoms with Crippen LogP contribution in [-0.2, 0) is 4.79 Å². The minimum absolute atomic E-state index is 0.00697. The van der Waals surface area contributed by atoms with Crippen LogP contribution in [0.3, 0.4) is 0 Å². The number of aromatic hydroxyl groups is 1. The van der Waals surface area contributed by atoms with Crippen LogP contribution in [0.2, 0.25) is 0 Å². The van der Waals surface area contributed by atoms with Crippen molar-refractivity contribution >= 4 is 11.7 Å².